The molecule has 6 nitrogen and oxygen atoms in total. The van der Waals surface area contributed by atoms with Gasteiger partial charge in [0.05, 0.1) is 18.4 Å². The second kappa shape index (κ2) is 11.9. The molecule has 3 N–H and O–H groups in total. The van der Waals surface area contributed by atoms with Crippen LogP contribution in [0.2, 0.25) is 5.02 Å². The van der Waals surface area contributed by atoms with Crippen molar-refractivity contribution in [3.8, 4) is 5.75 Å². The zero-order chi connectivity index (χ0) is 22.1. The van der Waals surface area contributed by atoms with Crippen molar-refractivity contribution in [1.29, 1.82) is 0 Å². The third-order valence-corrected chi connectivity index (χ3v) is 5.41. The van der Waals surface area contributed by atoms with Crippen molar-refractivity contribution in [1.82, 2.24) is 4.90 Å². The summed E-state index contributed by atoms with van der Waals surface area (Å²) in [5.41, 5.74) is 6.79. The summed E-state index contributed by atoms with van der Waals surface area (Å²) in [4.78, 5) is 13.6. The number of amides is 2. The van der Waals surface area contributed by atoms with Crippen molar-refractivity contribution < 1.29 is 18.7 Å². The number of anilines is 1. The molecule has 0 spiro atoms. The Morgan fingerprint density at radius 1 is 1.29 bits per heavy atom. The second-order valence-corrected chi connectivity index (χ2v) is 8.08. The van der Waals surface area contributed by atoms with Gasteiger partial charge in [-0.05, 0) is 61.6 Å². The van der Waals surface area contributed by atoms with Crippen molar-refractivity contribution in [2.45, 2.75) is 31.8 Å². The standard InChI is InChI=1S/C23H29ClFN3O3/c24-18-6-10-22(21(15-18)27-23(26)29)31-14-2-12-28-11-1-13-30-20(16-28)9-5-17-3-7-19(25)8-4-17/h3-4,6-8,10,15,20H,1-2,5,9,11-14,16H2,(H3,26,27,29). The molecule has 1 fully saturated rings. The topological polar surface area (TPSA) is 76.8 Å². The fraction of sp³-hybridized carbons (Fsp3) is 0.435. The maximum atomic E-state index is 13.1. The van der Waals surface area contributed by atoms with Gasteiger partial charge in [0, 0.05) is 31.3 Å². The molecule has 1 heterocycles. The second-order valence-electron chi connectivity index (χ2n) is 7.64. The Bertz CT molecular complexity index is 850. The Labute approximate surface area is 187 Å². The van der Waals surface area contributed by atoms with E-state index < -0.39 is 6.03 Å². The molecule has 31 heavy (non-hydrogen) atoms. The van der Waals surface area contributed by atoms with Crippen LogP contribution >= 0.6 is 11.6 Å². The fourth-order valence-electron chi connectivity index (χ4n) is 3.66. The summed E-state index contributed by atoms with van der Waals surface area (Å²) >= 11 is 5.98. The number of nitrogens with two attached hydrogens (primary N) is 1. The van der Waals surface area contributed by atoms with Crippen LogP contribution < -0.4 is 15.8 Å². The van der Waals surface area contributed by atoms with Crippen molar-refractivity contribution >= 4 is 23.3 Å². The molecule has 1 saturated heterocycles. The third-order valence-electron chi connectivity index (χ3n) is 5.18. The van der Waals surface area contributed by atoms with Gasteiger partial charge in [0.25, 0.3) is 0 Å². The first-order valence-corrected chi connectivity index (χ1v) is 10.9. The Hall–Kier alpha value is -2.35. The molecular weight excluding hydrogens is 421 g/mol. The number of benzene rings is 2. The highest BCUT2D eigenvalue weighted by Gasteiger charge is 2.18. The average molecular weight is 450 g/mol. The Balaban J connectivity index is 1.43. The minimum Gasteiger partial charge on any atom is -0.491 e. The number of aryl methyl sites for hydroxylation is 1. The maximum Gasteiger partial charge on any atom is 0.316 e. The minimum absolute atomic E-state index is 0.163. The zero-order valence-electron chi connectivity index (χ0n) is 17.5. The molecule has 0 bridgehead atoms. The zero-order valence-corrected chi connectivity index (χ0v) is 18.2. The van der Waals surface area contributed by atoms with E-state index in [2.05, 4.69) is 10.2 Å². The van der Waals surface area contributed by atoms with Gasteiger partial charge in [0.1, 0.15) is 11.6 Å². The van der Waals surface area contributed by atoms with Crippen LogP contribution in [0.3, 0.4) is 0 Å². The van der Waals surface area contributed by atoms with Crippen molar-refractivity contribution in [2.24, 2.45) is 5.73 Å². The molecule has 2 aromatic rings. The molecule has 1 unspecified atom stereocenters. The highest BCUT2D eigenvalue weighted by Crippen LogP contribution is 2.28. The summed E-state index contributed by atoms with van der Waals surface area (Å²) in [7, 11) is 0. The lowest BCUT2D eigenvalue weighted by Gasteiger charge is -2.24. The van der Waals surface area contributed by atoms with Gasteiger partial charge in [-0.2, -0.15) is 0 Å². The van der Waals surface area contributed by atoms with E-state index >= 15 is 0 Å². The van der Waals surface area contributed by atoms with Crippen LogP contribution in [0.4, 0.5) is 14.9 Å². The highest BCUT2D eigenvalue weighted by molar-refractivity contribution is 6.31. The van der Waals surface area contributed by atoms with E-state index in [1.807, 2.05) is 12.1 Å². The van der Waals surface area contributed by atoms with Crippen LogP contribution in [0, 0.1) is 5.82 Å². The number of carbonyl (C=O) groups is 1. The summed E-state index contributed by atoms with van der Waals surface area (Å²) < 4.78 is 24.9. The van der Waals surface area contributed by atoms with Gasteiger partial charge in [-0.25, -0.2) is 9.18 Å². The molecule has 0 aliphatic carbocycles. The summed E-state index contributed by atoms with van der Waals surface area (Å²) in [6.07, 6.45) is 3.77. The number of hydrogen-bond acceptors (Lipinski definition) is 4. The molecule has 1 aliphatic heterocycles. The number of carbonyl (C=O) groups excluding carboxylic acids is 1. The largest absolute Gasteiger partial charge is 0.491 e. The smallest absolute Gasteiger partial charge is 0.316 e. The number of halogens is 2. The SMILES string of the molecule is NC(=O)Nc1cc(Cl)ccc1OCCCN1CCCOC(CCc2ccc(F)cc2)C1. The predicted octanol–water partition coefficient (Wildman–Crippen LogP) is 4.46. The van der Waals surface area contributed by atoms with Crippen LogP contribution in [-0.2, 0) is 11.2 Å². The van der Waals surface area contributed by atoms with Crippen LogP contribution in [0.5, 0.6) is 5.75 Å². The van der Waals surface area contributed by atoms with Crippen LogP contribution in [0.1, 0.15) is 24.8 Å². The number of urea groups is 1. The van der Waals surface area contributed by atoms with Gasteiger partial charge in [-0.15, -0.1) is 0 Å². The first kappa shape index (κ1) is 23.3. The molecular formula is C23H29ClFN3O3. The lowest BCUT2D eigenvalue weighted by atomic mass is 10.1. The molecule has 0 aromatic heterocycles. The van der Waals surface area contributed by atoms with E-state index in [-0.39, 0.29) is 11.9 Å². The van der Waals surface area contributed by atoms with Gasteiger partial charge in [0.15, 0.2) is 0 Å². The monoisotopic (exact) mass is 449 g/mol. The third kappa shape index (κ3) is 8.01. The van der Waals surface area contributed by atoms with Crippen LogP contribution in [0.15, 0.2) is 42.5 Å². The summed E-state index contributed by atoms with van der Waals surface area (Å²) in [6.45, 7) is 4.02. The Morgan fingerprint density at radius 3 is 2.87 bits per heavy atom. The van der Waals surface area contributed by atoms with E-state index in [1.54, 1.807) is 18.2 Å². The highest BCUT2D eigenvalue weighted by atomic mass is 35.5. The van der Waals surface area contributed by atoms with Gasteiger partial charge in [-0.1, -0.05) is 23.7 Å². The van der Waals surface area contributed by atoms with Gasteiger partial charge < -0.3 is 25.4 Å². The summed E-state index contributed by atoms with van der Waals surface area (Å²) in [5.74, 6) is 0.332. The summed E-state index contributed by atoms with van der Waals surface area (Å²) in [6, 6.07) is 11.0. The van der Waals surface area contributed by atoms with E-state index in [0.717, 1.165) is 57.5 Å². The van der Waals surface area contributed by atoms with Crippen LogP contribution in [-0.4, -0.2) is 49.9 Å². The first-order chi connectivity index (χ1) is 15.0. The van der Waals surface area contributed by atoms with Crippen LogP contribution in [0.25, 0.3) is 0 Å². The maximum absolute atomic E-state index is 13.1. The number of ether oxygens (including phenoxy) is 2. The number of nitrogens with one attached hydrogen (secondary N) is 1. The number of primary amides is 1. The molecule has 2 aromatic carbocycles. The fourth-order valence-corrected chi connectivity index (χ4v) is 3.83. The van der Waals surface area contributed by atoms with E-state index in [0.29, 0.717) is 23.1 Å². The van der Waals surface area contributed by atoms with E-state index in [9.17, 15) is 9.18 Å². The molecule has 8 heteroatoms. The van der Waals surface area contributed by atoms with Gasteiger partial charge in [0.2, 0.25) is 0 Å². The predicted molar refractivity (Wildman–Crippen MR) is 120 cm³/mol. The minimum atomic E-state index is -0.664. The molecule has 1 aliphatic rings. The van der Waals surface area contributed by atoms with Crippen molar-refractivity contribution in [2.75, 3.05) is 38.2 Å². The van der Waals surface area contributed by atoms with Crippen molar-refractivity contribution in [3.05, 3.63) is 58.9 Å². The molecule has 168 valence electrons. The van der Waals surface area contributed by atoms with E-state index in [1.165, 1.54) is 12.1 Å². The average Bonchev–Trinajstić information content (AvgIpc) is 2.97. The Morgan fingerprint density at radius 2 is 2.10 bits per heavy atom. The quantitative estimate of drug-likeness (QED) is 0.554. The number of nitrogens with zero attached hydrogens (tertiary/aromatic N) is 1. The molecule has 3 rings (SSSR count). The first-order valence-electron chi connectivity index (χ1n) is 10.6. The lowest BCUT2D eigenvalue weighted by Crippen LogP contribution is -2.33. The molecule has 0 radical (unpaired) electrons. The number of hydrogen-bond donors (Lipinski definition) is 2. The number of rotatable bonds is 9. The van der Waals surface area contributed by atoms with Gasteiger partial charge >= 0.3 is 6.03 Å². The normalized spacial score (nSPS) is 17.2. The lowest BCUT2D eigenvalue weighted by molar-refractivity contribution is 0.0481. The molecule has 0 saturated carbocycles. The molecule has 2 amide bonds. The van der Waals surface area contributed by atoms with Gasteiger partial charge in [-0.3, -0.25) is 0 Å². The van der Waals surface area contributed by atoms with E-state index in [4.69, 9.17) is 26.8 Å². The summed E-state index contributed by atoms with van der Waals surface area (Å²) in [5, 5.41) is 3.02. The molecule has 1 atom stereocenters. The van der Waals surface area contributed by atoms with Crippen molar-refractivity contribution in [3.63, 3.8) is 0 Å². The Kier molecular flexibility index (Phi) is 8.94.